The van der Waals surface area contributed by atoms with Crippen LogP contribution in [0.5, 0.6) is 0 Å². The number of anilines is 2. The lowest BCUT2D eigenvalue weighted by molar-refractivity contribution is -0.131. The summed E-state index contributed by atoms with van der Waals surface area (Å²) in [5.41, 5.74) is 1.92. The standard InChI is InChI=1S/C20H25N5O2/c1-16-5-3-6-18(15-16)25(17(2)26)10-7-19(27)23-11-13-24(14-12-23)20-21-8-4-9-22-20/h3-6,8-9,15H,7,10-14H2,1-2H3. The maximum atomic E-state index is 12.6. The molecule has 0 saturated carbocycles. The third kappa shape index (κ3) is 4.81. The monoisotopic (exact) mass is 367 g/mol. The molecule has 1 fully saturated rings. The number of hydrogen-bond donors (Lipinski definition) is 0. The van der Waals surface area contributed by atoms with Crippen molar-refractivity contribution in [2.45, 2.75) is 20.3 Å². The Hall–Kier alpha value is -2.96. The second-order valence-corrected chi connectivity index (χ2v) is 6.68. The first-order chi connectivity index (χ1) is 13.0. The molecule has 1 saturated heterocycles. The normalized spacial score (nSPS) is 14.1. The van der Waals surface area contributed by atoms with Crippen molar-refractivity contribution in [3.8, 4) is 0 Å². The van der Waals surface area contributed by atoms with Crippen molar-refractivity contribution < 1.29 is 9.59 Å². The number of nitrogens with zero attached hydrogens (tertiary/aromatic N) is 5. The molecule has 142 valence electrons. The lowest BCUT2D eigenvalue weighted by Gasteiger charge is -2.35. The molecule has 0 radical (unpaired) electrons. The van der Waals surface area contributed by atoms with Crippen molar-refractivity contribution in [3.05, 3.63) is 48.3 Å². The van der Waals surface area contributed by atoms with Crippen LogP contribution in [0.3, 0.4) is 0 Å². The SMILES string of the molecule is CC(=O)N(CCC(=O)N1CCN(c2ncccn2)CC1)c1cccc(C)c1. The molecule has 0 aliphatic carbocycles. The van der Waals surface area contributed by atoms with Gasteiger partial charge in [-0.05, 0) is 30.7 Å². The molecule has 1 aromatic carbocycles. The van der Waals surface area contributed by atoms with E-state index >= 15 is 0 Å². The quantitative estimate of drug-likeness (QED) is 0.807. The lowest BCUT2D eigenvalue weighted by atomic mass is 10.2. The predicted octanol–water partition coefficient (Wildman–Crippen LogP) is 1.88. The average molecular weight is 367 g/mol. The molecule has 7 heteroatoms. The molecular weight excluding hydrogens is 342 g/mol. The van der Waals surface area contributed by atoms with E-state index in [4.69, 9.17) is 0 Å². The van der Waals surface area contributed by atoms with Crippen LogP contribution in [0.2, 0.25) is 0 Å². The maximum absolute atomic E-state index is 12.6. The Balaban J connectivity index is 1.54. The fraction of sp³-hybridized carbons (Fsp3) is 0.400. The van der Waals surface area contributed by atoms with Crippen molar-refractivity contribution in [1.82, 2.24) is 14.9 Å². The minimum atomic E-state index is -0.0561. The highest BCUT2D eigenvalue weighted by Crippen LogP contribution is 2.17. The number of carbonyl (C=O) groups is 2. The van der Waals surface area contributed by atoms with Crippen LogP contribution < -0.4 is 9.80 Å². The van der Waals surface area contributed by atoms with Gasteiger partial charge in [0.25, 0.3) is 0 Å². The summed E-state index contributed by atoms with van der Waals surface area (Å²) in [6, 6.07) is 9.57. The van der Waals surface area contributed by atoms with E-state index < -0.39 is 0 Å². The molecular formula is C20H25N5O2. The van der Waals surface area contributed by atoms with Crippen molar-refractivity contribution in [3.63, 3.8) is 0 Å². The largest absolute Gasteiger partial charge is 0.339 e. The van der Waals surface area contributed by atoms with Gasteiger partial charge in [-0.15, -0.1) is 0 Å². The van der Waals surface area contributed by atoms with Gasteiger partial charge in [0.15, 0.2) is 0 Å². The second-order valence-electron chi connectivity index (χ2n) is 6.68. The molecule has 2 amide bonds. The summed E-state index contributed by atoms with van der Waals surface area (Å²) in [6.07, 6.45) is 3.76. The molecule has 0 N–H and O–H groups in total. The van der Waals surface area contributed by atoms with Crippen molar-refractivity contribution >= 4 is 23.5 Å². The van der Waals surface area contributed by atoms with Crippen LogP contribution in [0.15, 0.2) is 42.7 Å². The van der Waals surface area contributed by atoms with Crippen LogP contribution in [0.1, 0.15) is 18.9 Å². The van der Waals surface area contributed by atoms with Gasteiger partial charge < -0.3 is 14.7 Å². The summed E-state index contributed by atoms with van der Waals surface area (Å²) in [4.78, 5) is 38.8. The third-order valence-corrected chi connectivity index (χ3v) is 4.71. The molecule has 0 atom stereocenters. The number of piperazine rings is 1. The molecule has 0 bridgehead atoms. The van der Waals surface area contributed by atoms with E-state index in [1.165, 1.54) is 6.92 Å². The highest BCUT2D eigenvalue weighted by molar-refractivity contribution is 5.92. The molecule has 1 aliphatic rings. The summed E-state index contributed by atoms with van der Waals surface area (Å²) in [5.74, 6) is 0.716. The number of aromatic nitrogens is 2. The van der Waals surface area contributed by atoms with Crippen LogP contribution >= 0.6 is 0 Å². The summed E-state index contributed by atoms with van der Waals surface area (Å²) in [6.45, 7) is 6.62. The topological polar surface area (TPSA) is 69.6 Å². The van der Waals surface area contributed by atoms with Gasteiger partial charge >= 0.3 is 0 Å². The molecule has 0 unspecified atom stereocenters. The van der Waals surface area contributed by atoms with E-state index in [1.807, 2.05) is 36.1 Å². The lowest BCUT2D eigenvalue weighted by Crippen LogP contribution is -2.49. The molecule has 1 aliphatic heterocycles. The van der Waals surface area contributed by atoms with Crippen LogP contribution in [-0.2, 0) is 9.59 Å². The predicted molar refractivity (Wildman–Crippen MR) is 105 cm³/mol. The minimum Gasteiger partial charge on any atom is -0.339 e. The van der Waals surface area contributed by atoms with Gasteiger partial charge in [-0.3, -0.25) is 9.59 Å². The summed E-state index contributed by atoms with van der Waals surface area (Å²) >= 11 is 0. The Morgan fingerprint density at radius 1 is 1.07 bits per heavy atom. The fourth-order valence-corrected chi connectivity index (χ4v) is 3.24. The molecule has 0 spiro atoms. The molecule has 27 heavy (non-hydrogen) atoms. The van der Waals surface area contributed by atoms with E-state index in [9.17, 15) is 9.59 Å². The zero-order valence-corrected chi connectivity index (χ0v) is 15.8. The van der Waals surface area contributed by atoms with E-state index in [1.54, 1.807) is 23.4 Å². The number of benzene rings is 1. The van der Waals surface area contributed by atoms with Gasteiger partial charge in [0.2, 0.25) is 17.8 Å². The van der Waals surface area contributed by atoms with Crippen LogP contribution in [0.25, 0.3) is 0 Å². The number of hydrogen-bond acceptors (Lipinski definition) is 5. The van der Waals surface area contributed by atoms with Gasteiger partial charge in [0, 0.05) is 64.1 Å². The number of amides is 2. The van der Waals surface area contributed by atoms with Gasteiger partial charge in [0.1, 0.15) is 0 Å². The van der Waals surface area contributed by atoms with Crippen LogP contribution in [0, 0.1) is 6.92 Å². The first-order valence-corrected chi connectivity index (χ1v) is 9.19. The van der Waals surface area contributed by atoms with E-state index in [0.717, 1.165) is 11.3 Å². The molecule has 2 heterocycles. The number of aryl methyl sites for hydroxylation is 1. The van der Waals surface area contributed by atoms with E-state index in [-0.39, 0.29) is 11.8 Å². The maximum Gasteiger partial charge on any atom is 0.225 e. The van der Waals surface area contributed by atoms with E-state index in [2.05, 4.69) is 14.9 Å². The Morgan fingerprint density at radius 2 is 1.78 bits per heavy atom. The molecule has 3 rings (SSSR count). The highest BCUT2D eigenvalue weighted by atomic mass is 16.2. The summed E-state index contributed by atoms with van der Waals surface area (Å²) < 4.78 is 0. The van der Waals surface area contributed by atoms with Gasteiger partial charge in [-0.2, -0.15) is 0 Å². The molecule has 2 aromatic rings. The number of rotatable bonds is 5. The Bertz CT molecular complexity index is 788. The van der Waals surface area contributed by atoms with Crippen molar-refractivity contribution in [2.75, 3.05) is 42.5 Å². The highest BCUT2D eigenvalue weighted by Gasteiger charge is 2.23. The van der Waals surface area contributed by atoms with Crippen LogP contribution in [-0.4, -0.2) is 59.4 Å². The Kier molecular flexibility index (Phi) is 6.01. The third-order valence-electron chi connectivity index (χ3n) is 4.71. The van der Waals surface area contributed by atoms with Gasteiger partial charge in [-0.25, -0.2) is 9.97 Å². The second kappa shape index (κ2) is 8.62. The molecule has 7 nitrogen and oxygen atoms in total. The molecule has 1 aromatic heterocycles. The zero-order chi connectivity index (χ0) is 19.2. The van der Waals surface area contributed by atoms with E-state index in [0.29, 0.717) is 45.1 Å². The Morgan fingerprint density at radius 3 is 2.41 bits per heavy atom. The minimum absolute atomic E-state index is 0.0561. The van der Waals surface area contributed by atoms with Crippen molar-refractivity contribution in [2.24, 2.45) is 0 Å². The fourth-order valence-electron chi connectivity index (χ4n) is 3.24. The summed E-state index contributed by atoms with van der Waals surface area (Å²) in [5, 5.41) is 0. The zero-order valence-electron chi connectivity index (χ0n) is 15.8. The first kappa shape index (κ1) is 18.8. The van der Waals surface area contributed by atoms with Crippen LogP contribution in [0.4, 0.5) is 11.6 Å². The van der Waals surface area contributed by atoms with Crippen molar-refractivity contribution in [1.29, 1.82) is 0 Å². The summed E-state index contributed by atoms with van der Waals surface area (Å²) in [7, 11) is 0. The Labute approximate surface area is 159 Å². The van der Waals surface area contributed by atoms with Gasteiger partial charge in [0.05, 0.1) is 0 Å². The van der Waals surface area contributed by atoms with Gasteiger partial charge in [-0.1, -0.05) is 12.1 Å². The number of carbonyl (C=O) groups excluding carboxylic acids is 2. The average Bonchev–Trinajstić information content (AvgIpc) is 2.68. The first-order valence-electron chi connectivity index (χ1n) is 9.19. The smallest absolute Gasteiger partial charge is 0.225 e.